The van der Waals surface area contributed by atoms with Gasteiger partial charge < -0.3 is 10.6 Å². The molecule has 6 heteroatoms. The van der Waals surface area contributed by atoms with Gasteiger partial charge in [0.2, 0.25) is 5.95 Å². The number of hydrogen-bond donors (Lipinski definition) is 1. The number of thiophene rings is 1. The van der Waals surface area contributed by atoms with Gasteiger partial charge >= 0.3 is 0 Å². The first-order chi connectivity index (χ1) is 9.69. The number of rotatable bonds is 2. The number of nitriles is 1. The molecule has 2 N–H and O–H groups in total. The minimum atomic E-state index is 0.260. The van der Waals surface area contributed by atoms with Gasteiger partial charge in [-0.2, -0.15) is 10.2 Å². The Morgan fingerprint density at radius 2 is 1.95 bits per heavy atom. The molecule has 3 rings (SSSR count). The van der Waals surface area contributed by atoms with E-state index in [1.165, 1.54) is 11.3 Å². The number of nitrogens with two attached hydrogens (primary N) is 1. The molecule has 0 saturated heterocycles. The number of aromatic nitrogens is 2. The number of anilines is 3. The summed E-state index contributed by atoms with van der Waals surface area (Å²) in [7, 11) is 1.92. The van der Waals surface area contributed by atoms with E-state index in [4.69, 9.17) is 11.0 Å². The maximum absolute atomic E-state index is 8.83. The van der Waals surface area contributed by atoms with E-state index in [2.05, 4.69) is 16.0 Å². The van der Waals surface area contributed by atoms with E-state index in [1.807, 2.05) is 35.5 Å². The van der Waals surface area contributed by atoms with Crippen molar-refractivity contribution in [1.82, 2.24) is 9.97 Å². The predicted molar refractivity (Wildman–Crippen MR) is 81.0 cm³/mol. The largest absolute Gasteiger partial charge is 0.368 e. The van der Waals surface area contributed by atoms with Crippen LogP contribution in [-0.2, 0) is 0 Å². The monoisotopic (exact) mass is 281 g/mol. The molecule has 0 aliphatic heterocycles. The van der Waals surface area contributed by atoms with Crippen molar-refractivity contribution in [2.45, 2.75) is 0 Å². The third kappa shape index (κ3) is 2.04. The molecule has 5 nitrogen and oxygen atoms in total. The maximum Gasteiger partial charge on any atom is 0.223 e. The standard InChI is InChI=1S/C14H11N5S/c1-19(10-4-2-9(8-15)3-5-10)12-11-6-7-20-13(11)18-14(16)17-12/h2-7H,1H3,(H2,16,17,18). The van der Waals surface area contributed by atoms with Gasteiger partial charge in [-0.3, -0.25) is 0 Å². The zero-order valence-electron chi connectivity index (χ0n) is 10.7. The number of nitrogens with zero attached hydrogens (tertiary/aromatic N) is 4. The zero-order valence-corrected chi connectivity index (χ0v) is 11.6. The molecule has 3 aromatic rings. The molecule has 0 fully saturated rings. The van der Waals surface area contributed by atoms with Gasteiger partial charge in [0, 0.05) is 12.7 Å². The second kappa shape index (κ2) is 4.79. The molecular formula is C14H11N5S. The summed E-state index contributed by atoms with van der Waals surface area (Å²) in [5, 5.41) is 11.8. The van der Waals surface area contributed by atoms with Crippen molar-refractivity contribution in [3.63, 3.8) is 0 Å². The summed E-state index contributed by atoms with van der Waals surface area (Å²) in [4.78, 5) is 11.3. The fourth-order valence-corrected chi connectivity index (χ4v) is 2.76. The third-order valence-corrected chi connectivity index (χ3v) is 3.83. The van der Waals surface area contributed by atoms with Crippen LogP contribution in [0.5, 0.6) is 0 Å². The maximum atomic E-state index is 8.83. The second-order valence-corrected chi connectivity index (χ2v) is 5.16. The molecule has 0 unspecified atom stereocenters. The average Bonchev–Trinajstić information content (AvgIpc) is 2.94. The molecule has 20 heavy (non-hydrogen) atoms. The highest BCUT2D eigenvalue weighted by Gasteiger charge is 2.13. The third-order valence-electron chi connectivity index (χ3n) is 3.02. The van der Waals surface area contributed by atoms with Crippen LogP contribution in [0.25, 0.3) is 10.2 Å². The van der Waals surface area contributed by atoms with Crippen LogP contribution in [0, 0.1) is 11.3 Å². The molecule has 0 aliphatic rings. The Kier molecular flexibility index (Phi) is 2.97. The summed E-state index contributed by atoms with van der Waals surface area (Å²) < 4.78 is 0. The highest BCUT2D eigenvalue weighted by Crippen LogP contribution is 2.31. The Balaban J connectivity index is 2.09. The minimum Gasteiger partial charge on any atom is -0.368 e. The molecule has 0 atom stereocenters. The van der Waals surface area contributed by atoms with Crippen LogP contribution in [-0.4, -0.2) is 17.0 Å². The molecule has 0 saturated carbocycles. The van der Waals surface area contributed by atoms with Crippen LogP contribution in [0.15, 0.2) is 35.7 Å². The van der Waals surface area contributed by atoms with Crippen LogP contribution in [0.1, 0.15) is 5.56 Å². The molecule has 0 spiro atoms. The molecule has 0 bridgehead atoms. The molecule has 98 valence electrons. The lowest BCUT2D eigenvalue weighted by atomic mass is 10.2. The van der Waals surface area contributed by atoms with Crippen molar-refractivity contribution in [1.29, 1.82) is 5.26 Å². The van der Waals surface area contributed by atoms with Crippen LogP contribution in [0.4, 0.5) is 17.5 Å². The number of benzene rings is 1. The quantitative estimate of drug-likeness (QED) is 0.781. The Morgan fingerprint density at radius 3 is 2.65 bits per heavy atom. The van der Waals surface area contributed by atoms with Crippen LogP contribution in [0.3, 0.4) is 0 Å². The van der Waals surface area contributed by atoms with Crippen molar-refractivity contribution in [2.24, 2.45) is 0 Å². The molecule has 0 amide bonds. The lowest BCUT2D eigenvalue weighted by molar-refractivity contribution is 1.12. The first-order valence-corrected chi connectivity index (χ1v) is 6.81. The lowest BCUT2D eigenvalue weighted by Gasteiger charge is -2.19. The summed E-state index contributed by atoms with van der Waals surface area (Å²) in [6.45, 7) is 0. The van der Waals surface area contributed by atoms with Gasteiger partial charge in [-0.15, -0.1) is 11.3 Å². The Hall–Kier alpha value is -2.65. The normalized spacial score (nSPS) is 10.4. The summed E-state index contributed by atoms with van der Waals surface area (Å²) in [6, 6.07) is 11.4. The summed E-state index contributed by atoms with van der Waals surface area (Å²) in [5.41, 5.74) is 7.33. The van der Waals surface area contributed by atoms with Gasteiger partial charge in [0.05, 0.1) is 17.0 Å². The van der Waals surface area contributed by atoms with E-state index in [0.717, 1.165) is 21.7 Å². The summed E-state index contributed by atoms with van der Waals surface area (Å²) >= 11 is 1.53. The van der Waals surface area contributed by atoms with Crippen molar-refractivity contribution < 1.29 is 0 Å². The number of nitrogen functional groups attached to an aromatic ring is 1. The predicted octanol–water partition coefficient (Wildman–Crippen LogP) is 2.91. The molecule has 0 radical (unpaired) electrons. The van der Waals surface area contributed by atoms with E-state index < -0.39 is 0 Å². The molecule has 0 aliphatic carbocycles. The highest BCUT2D eigenvalue weighted by atomic mass is 32.1. The van der Waals surface area contributed by atoms with E-state index in [1.54, 1.807) is 12.1 Å². The van der Waals surface area contributed by atoms with Gasteiger partial charge in [-0.05, 0) is 35.7 Å². The van der Waals surface area contributed by atoms with Crippen LogP contribution in [0.2, 0.25) is 0 Å². The molecular weight excluding hydrogens is 270 g/mol. The van der Waals surface area contributed by atoms with Gasteiger partial charge in [0.1, 0.15) is 10.6 Å². The minimum absolute atomic E-state index is 0.260. The first kappa shape index (κ1) is 12.4. The van der Waals surface area contributed by atoms with Crippen LogP contribution < -0.4 is 10.6 Å². The van der Waals surface area contributed by atoms with Gasteiger partial charge in [0.15, 0.2) is 0 Å². The topological polar surface area (TPSA) is 78.8 Å². The average molecular weight is 281 g/mol. The van der Waals surface area contributed by atoms with Gasteiger partial charge in [-0.1, -0.05) is 0 Å². The Labute approximate surface area is 119 Å². The zero-order chi connectivity index (χ0) is 14.1. The van der Waals surface area contributed by atoms with Gasteiger partial charge in [-0.25, -0.2) is 4.98 Å². The Morgan fingerprint density at radius 1 is 1.20 bits per heavy atom. The van der Waals surface area contributed by atoms with E-state index in [-0.39, 0.29) is 5.95 Å². The van der Waals surface area contributed by atoms with E-state index in [0.29, 0.717) is 5.56 Å². The number of fused-ring (bicyclic) bond motifs is 1. The first-order valence-electron chi connectivity index (χ1n) is 5.93. The van der Waals surface area contributed by atoms with Crippen molar-refractivity contribution >= 4 is 39.0 Å². The van der Waals surface area contributed by atoms with Gasteiger partial charge in [0.25, 0.3) is 0 Å². The molecule has 1 aromatic carbocycles. The van der Waals surface area contributed by atoms with Crippen LogP contribution >= 0.6 is 11.3 Å². The summed E-state index contributed by atoms with van der Waals surface area (Å²) in [5.74, 6) is 1.02. The van der Waals surface area contributed by atoms with E-state index >= 15 is 0 Å². The fourth-order valence-electron chi connectivity index (χ4n) is 1.99. The lowest BCUT2D eigenvalue weighted by Crippen LogP contribution is -2.13. The Bertz CT molecular complexity index is 801. The fraction of sp³-hybridized carbons (Fsp3) is 0.0714. The van der Waals surface area contributed by atoms with E-state index in [9.17, 15) is 0 Å². The summed E-state index contributed by atoms with van der Waals surface area (Å²) in [6.07, 6.45) is 0. The van der Waals surface area contributed by atoms with Crippen molar-refractivity contribution in [3.05, 3.63) is 41.3 Å². The molecule has 2 aromatic heterocycles. The molecule has 2 heterocycles. The highest BCUT2D eigenvalue weighted by molar-refractivity contribution is 7.16. The number of hydrogen-bond acceptors (Lipinski definition) is 6. The SMILES string of the molecule is CN(c1ccc(C#N)cc1)c1nc(N)nc2sccc12. The smallest absolute Gasteiger partial charge is 0.223 e. The van der Waals surface area contributed by atoms with Crippen molar-refractivity contribution in [2.75, 3.05) is 17.7 Å². The van der Waals surface area contributed by atoms with Crippen molar-refractivity contribution in [3.8, 4) is 6.07 Å². The second-order valence-electron chi connectivity index (χ2n) is 4.26.